The molecule has 198 valence electrons. The van der Waals surface area contributed by atoms with E-state index in [1.165, 1.54) is 12.4 Å². The summed E-state index contributed by atoms with van der Waals surface area (Å²) in [5.41, 5.74) is 7.82. The summed E-state index contributed by atoms with van der Waals surface area (Å²) in [5, 5.41) is 6.01. The zero-order valence-corrected chi connectivity index (χ0v) is 20.3. The van der Waals surface area contributed by atoms with Gasteiger partial charge in [-0.25, -0.2) is 24.3 Å². The average Bonchev–Trinajstić information content (AvgIpc) is 3.26. The summed E-state index contributed by atoms with van der Waals surface area (Å²) in [5.74, 6) is -1.25. The minimum absolute atomic E-state index is 0.0279. The van der Waals surface area contributed by atoms with Crippen LogP contribution >= 0.6 is 0 Å². The summed E-state index contributed by atoms with van der Waals surface area (Å²) in [6.07, 6.45) is 0.112. The Kier molecular flexibility index (Phi) is 6.56. The van der Waals surface area contributed by atoms with Crippen molar-refractivity contribution >= 4 is 34.4 Å². The maximum absolute atomic E-state index is 13.3. The molecule has 5 rings (SSSR count). The van der Waals surface area contributed by atoms with E-state index in [0.717, 1.165) is 34.3 Å². The van der Waals surface area contributed by atoms with Gasteiger partial charge in [0.1, 0.15) is 35.2 Å². The van der Waals surface area contributed by atoms with E-state index in [1.54, 1.807) is 0 Å². The van der Waals surface area contributed by atoms with Gasteiger partial charge in [-0.1, -0.05) is 24.3 Å². The lowest BCUT2D eigenvalue weighted by molar-refractivity contribution is -0.137. The summed E-state index contributed by atoms with van der Waals surface area (Å²) in [7, 11) is 1.85. The molecule has 0 unspecified atom stereocenters. The Balaban J connectivity index is 1.38. The van der Waals surface area contributed by atoms with Crippen LogP contribution in [0.5, 0.6) is 0 Å². The van der Waals surface area contributed by atoms with Crippen molar-refractivity contribution in [3.63, 3.8) is 0 Å². The van der Waals surface area contributed by atoms with Crippen molar-refractivity contribution in [3.05, 3.63) is 89.9 Å². The number of nitrogens with zero attached hydrogens (tertiary/aromatic N) is 5. The number of halogens is 4. The molecule has 0 spiro atoms. The maximum atomic E-state index is 13.3. The number of aryl methyl sites for hydroxylation is 1. The number of hydrogen-bond donors (Lipinski definition) is 3. The normalized spacial score (nSPS) is 11.5. The third-order valence-corrected chi connectivity index (χ3v) is 5.94. The molecule has 1 amide bonds. The Hall–Kier alpha value is -5.07. The lowest BCUT2D eigenvalue weighted by Gasteiger charge is -2.14. The molecule has 0 aliphatic heterocycles. The highest BCUT2D eigenvalue weighted by Crippen LogP contribution is 2.33. The van der Waals surface area contributed by atoms with Gasteiger partial charge in [-0.05, 0) is 29.3 Å². The highest BCUT2D eigenvalue weighted by atomic mass is 19.4. The van der Waals surface area contributed by atoms with Crippen LogP contribution in [0, 0.1) is 5.82 Å². The number of nitrogen functional groups attached to an aromatic ring is 1. The fraction of sp³-hybridized carbons (Fsp3) is 0.115. The van der Waals surface area contributed by atoms with E-state index in [9.17, 15) is 22.4 Å². The molecule has 0 atom stereocenters. The Morgan fingerprint density at radius 3 is 2.49 bits per heavy atom. The van der Waals surface area contributed by atoms with E-state index >= 15 is 0 Å². The number of benzene rings is 1. The third-order valence-electron chi connectivity index (χ3n) is 5.94. The van der Waals surface area contributed by atoms with Crippen molar-refractivity contribution < 1.29 is 22.4 Å². The molecule has 4 heterocycles. The van der Waals surface area contributed by atoms with Crippen LogP contribution in [0.2, 0.25) is 0 Å². The Morgan fingerprint density at radius 1 is 1.03 bits per heavy atom. The summed E-state index contributed by atoms with van der Waals surface area (Å²) in [4.78, 5) is 28.7. The molecule has 39 heavy (non-hydrogen) atoms. The van der Waals surface area contributed by atoms with Crippen molar-refractivity contribution in [2.24, 2.45) is 7.05 Å². The fourth-order valence-corrected chi connectivity index (χ4v) is 4.01. The lowest BCUT2D eigenvalue weighted by Crippen LogP contribution is -2.18. The smallest absolute Gasteiger partial charge is 0.383 e. The van der Waals surface area contributed by atoms with Gasteiger partial charge in [0, 0.05) is 31.5 Å². The molecule has 4 N–H and O–H groups in total. The number of pyridine rings is 2. The molecule has 0 radical (unpaired) electrons. The van der Waals surface area contributed by atoms with Crippen LogP contribution in [0.15, 0.2) is 67.4 Å². The van der Waals surface area contributed by atoms with Crippen LogP contribution in [0.1, 0.15) is 21.5 Å². The standard InChI is InChI=1S/C26H20F4N8O/c1-38-12-19(21-22(31)35-13-36-24(21)38)15-4-2-14(3-5-15)9-33-23-18(8-16(10-34-23)26(28,29)30)25(39)37-20-7-6-17(27)11-32-20/h2-8,10-13H,9H2,1H3,(H,33,34)(H2,31,35,36)(H,32,37,39). The molecule has 13 heteroatoms. The van der Waals surface area contributed by atoms with E-state index in [4.69, 9.17) is 5.73 Å². The van der Waals surface area contributed by atoms with Crippen molar-refractivity contribution in [1.82, 2.24) is 24.5 Å². The quantitative estimate of drug-likeness (QED) is 0.260. The first-order valence-electron chi connectivity index (χ1n) is 11.5. The summed E-state index contributed by atoms with van der Waals surface area (Å²) < 4.78 is 55.0. The van der Waals surface area contributed by atoms with Crippen LogP contribution < -0.4 is 16.4 Å². The van der Waals surface area contributed by atoms with E-state index in [0.29, 0.717) is 23.7 Å². The monoisotopic (exact) mass is 536 g/mol. The van der Waals surface area contributed by atoms with Crippen molar-refractivity contribution in [1.29, 1.82) is 0 Å². The molecule has 0 bridgehead atoms. The topological polar surface area (TPSA) is 124 Å². The number of anilines is 3. The number of rotatable bonds is 6. The molecule has 0 saturated carbocycles. The van der Waals surface area contributed by atoms with Crippen LogP contribution in [-0.4, -0.2) is 30.4 Å². The first-order valence-corrected chi connectivity index (χ1v) is 11.5. The minimum Gasteiger partial charge on any atom is -0.383 e. The van der Waals surface area contributed by atoms with Gasteiger partial charge in [0.15, 0.2) is 0 Å². The van der Waals surface area contributed by atoms with Gasteiger partial charge in [0.05, 0.1) is 22.7 Å². The molecule has 9 nitrogen and oxygen atoms in total. The highest BCUT2D eigenvalue weighted by molar-refractivity contribution is 6.07. The Labute approximate surface area is 218 Å². The maximum Gasteiger partial charge on any atom is 0.417 e. The number of aromatic nitrogens is 5. The van der Waals surface area contributed by atoms with Gasteiger partial charge in [-0.3, -0.25) is 4.79 Å². The number of carbonyl (C=O) groups is 1. The number of nitrogens with two attached hydrogens (primary N) is 1. The third kappa shape index (κ3) is 5.32. The molecular formula is C26H20F4N8O. The van der Waals surface area contributed by atoms with E-state index < -0.39 is 23.5 Å². The molecule has 0 fully saturated rings. The predicted octanol–water partition coefficient (Wildman–Crippen LogP) is 5.03. The second-order valence-electron chi connectivity index (χ2n) is 8.60. The molecule has 0 aliphatic carbocycles. The molecule has 0 aliphatic rings. The van der Waals surface area contributed by atoms with Crippen LogP contribution in [0.25, 0.3) is 22.2 Å². The van der Waals surface area contributed by atoms with E-state index in [-0.39, 0.29) is 23.7 Å². The van der Waals surface area contributed by atoms with Crippen LogP contribution in [-0.2, 0) is 19.8 Å². The summed E-state index contributed by atoms with van der Waals surface area (Å²) >= 11 is 0. The van der Waals surface area contributed by atoms with Crippen LogP contribution in [0.3, 0.4) is 0 Å². The molecule has 0 saturated heterocycles. The van der Waals surface area contributed by atoms with Gasteiger partial charge in [-0.15, -0.1) is 0 Å². The zero-order chi connectivity index (χ0) is 27.7. The van der Waals surface area contributed by atoms with Gasteiger partial charge >= 0.3 is 6.18 Å². The number of fused-ring (bicyclic) bond motifs is 1. The second-order valence-corrected chi connectivity index (χ2v) is 8.60. The summed E-state index contributed by atoms with van der Waals surface area (Å²) in [6.45, 7) is 0.161. The number of alkyl halides is 3. The number of amides is 1. The van der Waals surface area contributed by atoms with Crippen molar-refractivity contribution in [2.45, 2.75) is 12.7 Å². The largest absolute Gasteiger partial charge is 0.417 e. The van der Waals surface area contributed by atoms with E-state index in [2.05, 4.69) is 30.6 Å². The Morgan fingerprint density at radius 2 is 1.79 bits per heavy atom. The SMILES string of the molecule is Cn1cc(-c2ccc(CNc3ncc(C(F)(F)F)cc3C(=O)Nc3ccc(F)cn3)cc2)c2c(N)ncnc21. The van der Waals surface area contributed by atoms with Gasteiger partial charge in [0.25, 0.3) is 5.91 Å². The average molecular weight is 536 g/mol. The Bertz CT molecular complexity index is 1670. The molecule has 1 aromatic carbocycles. The van der Waals surface area contributed by atoms with Gasteiger partial charge in [-0.2, -0.15) is 13.2 Å². The van der Waals surface area contributed by atoms with Gasteiger partial charge < -0.3 is 20.9 Å². The van der Waals surface area contributed by atoms with Gasteiger partial charge in [0.2, 0.25) is 0 Å². The lowest BCUT2D eigenvalue weighted by atomic mass is 10.0. The van der Waals surface area contributed by atoms with Crippen molar-refractivity contribution in [2.75, 3.05) is 16.4 Å². The first-order chi connectivity index (χ1) is 18.6. The van der Waals surface area contributed by atoms with Crippen LogP contribution in [0.4, 0.5) is 35.0 Å². The minimum atomic E-state index is -4.71. The van der Waals surface area contributed by atoms with Crippen molar-refractivity contribution in [3.8, 4) is 11.1 Å². The predicted molar refractivity (Wildman–Crippen MR) is 137 cm³/mol. The zero-order valence-electron chi connectivity index (χ0n) is 20.3. The molecular weight excluding hydrogens is 516 g/mol. The number of carbonyl (C=O) groups excluding carboxylic acids is 1. The second kappa shape index (κ2) is 10.0. The number of nitrogens with one attached hydrogen (secondary N) is 2. The molecule has 4 aromatic heterocycles. The summed E-state index contributed by atoms with van der Waals surface area (Å²) in [6, 6.07) is 10.3. The number of hydrogen-bond acceptors (Lipinski definition) is 7. The highest BCUT2D eigenvalue weighted by Gasteiger charge is 2.32. The van der Waals surface area contributed by atoms with E-state index in [1.807, 2.05) is 42.1 Å². The fourth-order valence-electron chi connectivity index (χ4n) is 4.01. The first kappa shape index (κ1) is 25.6. The molecule has 5 aromatic rings.